The van der Waals surface area contributed by atoms with Crippen molar-refractivity contribution in [2.75, 3.05) is 25.1 Å². The van der Waals surface area contributed by atoms with Crippen LogP contribution in [0, 0.1) is 0 Å². The topological polar surface area (TPSA) is 76.5 Å². The van der Waals surface area contributed by atoms with Crippen LogP contribution in [0.1, 0.15) is 20.3 Å². The fraction of sp³-hybridized carbons (Fsp3) is 0.667. The van der Waals surface area contributed by atoms with Crippen LogP contribution >= 0.6 is 0 Å². The molecule has 2 heterocycles. The van der Waals surface area contributed by atoms with Gasteiger partial charge in [0.05, 0.1) is 12.7 Å². The molecule has 0 saturated carbocycles. The first-order valence-electron chi connectivity index (χ1n) is 6.10. The van der Waals surface area contributed by atoms with E-state index in [0.717, 1.165) is 0 Å². The van der Waals surface area contributed by atoms with Gasteiger partial charge in [-0.3, -0.25) is 0 Å². The van der Waals surface area contributed by atoms with Crippen molar-refractivity contribution in [3.05, 3.63) is 12.4 Å². The minimum Gasteiger partial charge on any atom is -0.475 e. The van der Waals surface area contributed by atoms with E-state index in [0.29, 0.717) is 37.9 Å². The highest BCUT2D eigenvalue weighted by Gasteiger charge is 2.31. The summed E-state index contributed by atoms with van der Waals surface area (Å²) in [5, 5.41) is 13.2. The van der Waals surface area contributed by atoms with Crippen molar-refractivity contribution >= 4 is 5.82 Å². The van der Waals surface area contributed by atoms with Crippen molar-refractivity contribution in [3.8, 4) is 5.88 Å². The molecule has 1 saturated heterocycles. The van der Waals surface area contributed by atoms with E-state index in [1.807, 2.05) is 13.8 Å². The molecule has 2 rings (SSSR count). The fourth-order valence-corrected chi connectivity index (χ4v) is 1.73. The summed E-state index contributed by atoms with van der Waals surface area (Å²) in [5.74, 6) is 1.16. The molecule has 1 aliphatic heterocycles. The van der Waals surface area contributed by atoms with Crippen LogP contribution in [0.15, 0.2) is 12.4 Å². The van der Waals surface area contributed by atoms with E-state index in [2.05, 4.69) is 15.3 Å². The van der Waals surface area contributed by atoms with Crippen molar-refractivity contribution in [1.29, 1.82) is 0 Å². The Kier molecular flexibility index (Phi) is 3.98. The second kappa shape index (κ2) is 5.49. The second-order valence-electron chi connectivity index (χ2n) is 4.79. The molecule has 0 bridgehead atoms. The smallest absolute Gasteiger partial charge is 0.218 e. The van der Waals surface area contributed by atoms with Gasteiger partial charge >= 0.3 is 0 Å². The molecule has 0 amide bonds. The van der Waals surface area contributed by atoms with Gasteiger partial charge < -0.3 is 19.9 Å². The van der Waals surface area contributed by atoms with E-state index in [1.54, 1.807) is 6.07 Å². The van der Waals surface area contributed by atoms with Crippen molar-refractivity contribution in [2.45, 2.75) is 32.0 Å². The molecule has 1 unspecified atom stereocenters. The molecular weight excluding hydrogens is 234 g/mol. The Balaban J connectivity index is 1.92. The molecular formula is C12H19N3O3. The molecule has 6 nitrogen and oxygen atoms in total. The Morgan fingerprint density at radius 1 is 1.56 bits per heavy atom. The Hall–Kier alpha value is -1.40. The molecule has 2 N–H and O–H groups in total. The molecule has 1 fully saturated rings. The minimum absolute atomic E-state index is 0.0696. The number of hydrogen-bond donors (Lipinski definition) is 2. The summed E-state index contributed by atoms with van der Waals surface area (Å²) >= 11 is 0. The lowest BCUT2D eigenvalue weighted by atomic mass is 10.0. The normalized spacial score (nSPS) is 23.3. The van der Waals surface area contributed by atoms with E-state index in [4.69, 9.17) is 9.47 Å². The molecule has 6 heteroatoms. The predicted octanol–water partition coefficient (Wildman–Crippen LogP) is 0.827. The molecule has 0 aliphatic carbocycles. The van der Waals surface area contributed by atoms with Gasteiger partial charge in [0.15, 0.2) is 0 Å². The largest absolute Gasteiger partial charge is 0.475 e. The van der Waals surface area contributed by atoms with Crippen LogP contribution in [-0.4, -0.2) is 46.5 Å². The Morgan fingerprint density at radius 3 is 3.06 bits per heavy atom. The predicted molar refractivity (Wildman–Crippen MR) is 66.7 cm³/mol. The highest BCUT2D eigenvalue weighted by molar-refractivity contribution is 5.37. The number of anilines is 1. The van der Waals surface area contributed by atoms with Crippen molar-refractivity contribution in [1.82, 2.24) is 9.97 Å². The summed E-state index contributed by atoms with van der Waals surface area (Å²) in [6, 6.07) is 1.72. The van der Waals surface area contributed by atoms with Crippen molar-refractivity contribution < 1.29 is 14.6 Å². The van der Waals surface area contributed by atoms with E-state index in [1.165, 1.54) is 6.33 Å². The SMILES string of the molecule is CC(C)Oc1cc(NCC2(O)CCOC2)ncn1. The van der Waals surface area contributed by atoms with E-state index < -0.39 is 5.60 Å². The number of ether oxygens (including phenoxy) is 2. The van der Waals surface area contributed by atoms with Gasteiger partial charge in [-0.25, -0.2) is 9.97 Å². The van der Waals surface area contributed by atoms with Crippen molar-refractivity contribution in [2.24, 2.45) is 0 Å². The van der Waals surface area contributed by atoms with Crippen LogP contribution in [0.5, 0.6) is 5.88 Å². The Labute approximate surface area is 106 Å². The number of nitrogens with zero attached hydrogens (tertiary/aromatic N) is 2. The number of aromatic nitrogens is 2. The maximum absolute atomic E-state index is 10.1. The molecule has 18 heavy (non-hydrogen) atoms. The zero-order valence-electron chi connectivity index (χ0n) is 10.7. The molecule has 100 valence electrons. The summed E-state index contributed by atoms with van der Waals surface area (Å²) in [7, 11) is 0. The summed E-state index contributed by atoms with van der Waals surface area (Å²) in [4.78, 5) is 8.10. The zero-order chi connectivity index (χ0) is 13.0. The van der Waals surface area contributed by atoms with E-state index in [9.17, 15) is 5.11 Å². The molecule has 0 aromatic carbocycles. The van der Waals surface area contributed by atoms with Gasteiger partial charge in [0, 0.05) is 25.6 Å². The lowest BCUT2D eigenvalue weighted by Gasteiger charge is -2.21. The summed E-state index contributed by atoms with van der Waals surface area (Å²) in [6.07, 6.45) is 2.15. The molecule has 0 spiro atoms. The average molecular weight is 253 g/mol. The van der Waals surface area contributed by atoms with Gasteiger partial charge in [0.1, 0.15) is 17.7 Å². The number of aliphatic hydroxyl groups is 1. The fourth-order valence-electron chi connectivity index (χ4n) is 1.73. The third kappa shape index (κ3) is 3.54. The van der Waals surface area contributed by atoms with Crippen LogP contribution in [-0.2, 0) is 4.74 Å². The van der Waals surface area contributed by atoms with Crippen molar-refractivity contribution in [3.63, 3.8) is 0 Å². The molecule has 1 atom stereocenters. The molecule has 1 aliphatic rings. The Morgan fingerprint density at radius 2 is 2.39 bits per heavy atom. The second-order valence-corrected chi connectivity index (χ2v) is 4.79. The van der Waals surface area contributed by atoms with Gasteiger partial charge in [-0.05, 0) is 13.8 Å². The van der Waals surface area contributed by atoms with Crippen LogP contribution in [0.4, 0.5) is 5.82 Å². The van der Waals surface area contributed by atoms with Crippen LogP contribution < -0.4 is 10.1 Å². The lowest BCUT2D eigenvalue weighted by molar-refractivity contribution is 0.0381. The van der Waals surface area contributed by atoms with Gasteiger partial charge in [-0.15, -0.1) is 0 Å². The summed E-state index contributed by atoms with van der Waals surface area (Å²) in [5.41, 5.74) is -0.802. The first-order chi connectivity index (χ1) is 8.57. The summed E-state index contributed by atoms with van der Waals surface area (Å²) < 4.78 is 10.7. The molecule has 1 aromatic rings. The minimum atomic E-state index is -0.802. The maximum Gasteiger partial charge on any atom is 0.218 e. The van der Waals surface area contributed by atoms with Gasteiger partial charge in [0.2, 0.25) is 5.88 Å². The Bertz CT molecular complexity index is 392. The van der Waals surface area contributed by atoms with Crippen LogP contribution in [0.2, 0.25) is 0 Å². The molecule has 1 aromatic heterocycles. The molecule has 0 radical (unpaired) electrons. The monoisotopic (exact) mass is 253 g/mol. The third-order valence-corrected chi connectivity index (χ3v) is 2.68. The third-order valence-electron chi connectivity index (χ3n) is 2.68. The van der Waals surface area contributed by atoms with Crippen LogP contribution in [0.3, 0.4) is 0 Å². The first kappa shape index (κ1) is 13.0. The first-order valence-corrected chi connectivity index (χ1v) is 6.10. The number of nitrogens with one attached hydrogen (secondary N) is 1. The summed E-state index contributed by atoms with van der Waals surface area (Å²) in [6.45, 7) is 5.25. The zero-order valence-corrected chi connectivity index (χ0v) is 10.7. The quantitative estimate of drug-likeness (QED) is 0.809. The van der Waals surface area contributed by atoms with Gasteiger partial charge in [0.25, 0.3) is 0 Å². The van der Waals surface area contributed by atoms with Crippen LogP contribution in [0.25, 0.3) is 0 Å². The standard InChI is InChI=1S/C12H19N3O3/c1-9(2)18-11-5-10(14-8-15-11)13-6-12(16)3-4-17-7-12/h5,8-9,16H,3-4,6-7H2,1-2H3,(H,13,14,15). The van der Waals surface area contributed by atoms with E-state index in [-0.39, 0.29) is 6.10 Å². The number of hydrogen-bond acceptors (Lipinski definition) is 6. The number of rotatable bonds is 5. The van der Waals surface area contributed by atoms with Gasteiger partial charge in [-0.2, -0.15) is 0 Å². The highest BCUT2D eigenvalue weighted by Crippen LogP contribution is 2.19. The highest BCUT2D eigenvalue weighted by atomic mass is 16.5. The average Bonchev–Trinajstić information content (AvgIpc) is 2.74. The lowest BCUT2D eigenvalue weighted by Crippen LogP contribution is -2.37. The van der Waals surface area contributed by atoms with Gasteiger partial charge in [-0.1, -0.05) is 0 Å². The van der Waals surface area contributed by atoms with E-state index >= 15 is 0 Å². The maximum atomic E-state index is 10.1.